The molecule has 3 aromatic carbocycles. The lowest BCUT2D eigenvalue weighted by Crippen LogP contribution is -2.27. The molecule has 0 saturated carbocycles. The molecule has 34 heavy (non-hydrogen) atoms. The predicted octanol–water partition coefficient (Wildman–Crippen LogP) is 3.79. The second-order valence-electron chi connectivity index (χ2n) is 7.42. The molecule has 0 bridgehead atoms. The van der Waals surface area contributed by atoms with Crippen LogP contribution < -0.4 is 15.6 Å². The number of nitrogens with zero attached hydrogens (tertiary/aromatic N) is 1. The van der Waals surface area contributed by atoms with E-state index < -0.39 is 18.0 Å². The Hall–Kier alpha value is -4.46. The van der Waals surface area contributed by atoms with E-state index in [4.69, 9.17) is 9.47 Å². The average Bonchev–Trinajstić information content (AvgIpc) is 2.86. The van der Waals surface area contributed by atoms with Crippen molar-refractivity contribution in [3.05, 3.63) is 100 Å². The Morgan fingerprint density at radius 2 is 1.62 bits per heavy atom. The summed E-state index contributed by atoms with van der Waals surface area (Å²) in [7, 11) is 0. The molecule has 1 aromatic heterocycles. The van der Waals surface area contributed by atoms with Gasteiger partial charge in [-0.2, -0.15) is 5.10 Å². The van der Waals surface area contributed by atoms with Gasteiger partial charge in [0.15, 0.2) is 0 Å². The normalized spacial score (nSPS) is 11.6. The molecule has 172 valence electrons. The lowest BCUT2D eigenvalue weighted by Gasteiger charge is -2.19. The lowest BCUT2D eigenvalue weighted by molar-refractivity contribution is -0.154. The number of carbonyl (C=O) groups is 2. The highest BCUT2D eigenvalue weighted by molar-refractivity contribution is 5.97. The second-order valence-corrected chi connectivity index (χ2v) is 7.42. The van der Waals surface area contributed by atoms with Gasteiger partial charge in [0, 0.05) is 10.9 Å². The number of aromatic nitrogens is 2. The standard InChI is InChI=1S/C26H23N3O5/c1-2-33-22-15-9-8-14-20(22)27-26(32)24(17-10-4-3-5-11-17)34-23(30)16-21-18-12-6-7-13-19(18)25(31)29-28-21/h3-15,24H,2,16H2,1H3,(H,27,32)(H,29,31). The summed E-state index contributed by atoms with van der Waals surface area (Å²) in [5, 5.41) is 10.2. The lowest BCUT2D eigenvalue weighted by atomic mass is 10.1. The van der Waals surface area contributed by atoms with E-state index in [9.17, 15) is 14.4 Å². The molecule has 1 amide bonds. The number of esters is 1. The zero-order valence-electron chi connectivity index (χ0n) is 18.5. The van der Waals surface area contributed by atoms with Gasteiger partial charge in [0.2, 0.25) is 6.10 Å². The number of aromatic amines is 1. The van der Waals surface area contributed by atoms with Gasteiger partial charge < -0.3 is 14.8 Å². The molecule has 8 nitrogen and oxygen atoms in total. The molecule has 4 aromatic rings. The van der Waals surface area contributed by atoms with Crippen LogP contribution >= 0.6 is 0 Å². The van der Waals surface area contributed by atoms with E-state index in [1.165, 1.54) is 0 Å². The van der Waals surface area contributed by atoms with Crippen LogP contribution in [0.4, 0.5) is 5.69 Å². The number of hydrogen-bond acceptors (Lipinski definition) is 6. The largest absolute Gasteiger partial charge is 0.492 e. The second kappa shape index (κ2) is 10.4. The molecule has 1 unspecified atom stereocenters. The molecule has 2 N–H and O–H groups in total. The van der Waals surface area contributed by atoms with E-state index in [-0.39, 0.29) is 12.0 Å². The fraction of sp³-hybridized carbons (Fsp3) is 0.154. The van der Waals surface area contributed by atoms with Gasteiger partial charge in [-0.25, -0.2) is 5.10 Å². The smallest absolute Gasteiger partial charge is 0.313 e. The van der Waals surface area contributed by atoms with Crippen molar-refractivity contribution in [1.29, 1.82) is 0 Å². The van der Waals surface area contributed by atoms with E-state index in [1.54, 1.807) is 78.9 Å². The first-order chi connectivity index (χ1) is 16.6. The molecule has 0 aliphatic rings. The third-order valence-corrected chi connectivity index (χ3v) is 5.12. The molecular formula is C26H23N3O5. The van der Waals surface area contributed by atoms with E-state index >= 15 is 0 Å². The van der Waals surface area contributed by atoms with Gasteiger partial charge in [-0.3, -0.25) is 14.4 Å². The Bertz CT molecular complexity index is 1370. The predicted molar refractivity (Wildman–Crippen MR) is 128 cm³/mol. The molecular weight excluding hydrogens is 434 g/mol. The van der Waals surface area contributed by atoms with E-state index in [2.05, 4.69) is 15.5 Å². The minimum atomic E-state index is -1.20. The number of para-hydroxylation sites is 2. The van der Waals surface area contributed by atoms with Gasteiger partial charge in [-0.1, -0.05) is 60.7 Å². The number of anilines is 1. The van der Waals surface area contributed by atoms with Gasteiger partial charge in [0.05, 0.1) is 29.8 Å². The van der Waals surface area contributed by atoms with Crippen molar-refractivity contribution in [2.45, 2.75) is 19.4 Å². The first-order valence-electron chi connectivity index (χ1n) is 10.8. The van der Waals surface area contributed by atoms with Gasteiger partial charge in [-0.15, -0.1) is 0 Å². The van der Waals surface area contributed by atoms with Crippen LogP contribution in [0.1, 0.15) is 24.3 Å². The summed E-state index contributed by atoms with van der Waals surface area (Å²) >= 11 is 0. The summed E-state index contributed by atoms with van der Waals surface area (Å²) < 4.78 is 11.2. The Labute approximate surface area is 195 Å². The maximum atomic E-state index is 13.2. The number of H-pyrrole nitrogens is 1. The summed E-state index contributed by atoms with van der Waals surface area (Å²) in [6, 6.07) is 22.6. The van der Waals surface area contributed by atoms with Crippen LogP contribution in [0.3, 0.4) is 0 Å². The van der Waals surface area contributed by atoms with Gasteiger partial charge in [-0.05, 0) is 25.1 Å². The number of hydrogen-bond donors (Lipinski definition) is 2. The minimum Gasteiger partial charge on any atom is -0.492 e. The van der Waals surface area contributed by atoms with Crippen LogP contribution in [-0.4, -0.2) is 28.7 Å². The minimum absolute atomic E-state index is 0.219. The van der Waals surface area contributed by atoms with E-state index in [1.807, 2.05) is 6.92 Å². The third-order valence-electron chi connectivity index (χ3n) is 5.12. The number of fused-ring (bicyclic) bond motifs is 1. The van der Waals surface area contributed by atoms with Crippen molar-refractivity contribution < 1.29 is 19.1 Å². The average molecular weight is 457 g/mol. The third kappa shape index (κ3) is 5.12. The Morgan fingerprint density at radius 1 is 0.941 bits per heavy atom. The number of ether oxygens (including phenoxy) is 2. The molecule has 0 aliphatic heterocycles. The Balaban J connectivity index is 1.58. The zero-order chi connectivity index (χ0) is 23.9. The van der Waals surface area contributed by atoms with Crippen molar-refractivity contribution in [2.75, 3.05) is 11.9 Å². The number of nitrogens with one attached hydrogen (secondary N) is 2. The fourth-order valence-corrected chi connectivity index (χ4v) is 3.57. The van der Waals surface area contributed by atoms with Gasteiger partial charge >= 0.3 is 5.97 Å². The SMILES string of the molecule is CCOc1ccccc1NC(=O)C(OC(=O)Cc1n[nH]c(=O)c2ccccc12)c1ccccc1. The molecule has 4 rings (SSSR count). The van der Waals surface area contributed by atoms with Crippen LogP contribution in [-0.2, 0) is 20.7 Å². The topological polar surface area (TPSA) is 110 Å². The molecule has 0 saturated heterocycles. The Morgan fingerprint density at radius 3 is 2.38 bits per heavy atom. The van der Waals surface area contributed by atoms with Crippen molar-refractivity contribution >= 4 is 28.3 Å². The summed E-state index contributed by atoms with van der Waals surface area (Å²) in [5.74, 6) is -0.668. The first kappa shape index (κ1) is 22.7. The maximum absolute atomic E-state index is 13.2. The van der Waals surface area contributed by atoms with Crippen LogP contribution in [0.5, 0.6) is 5.75 Å². The summed E-state index contributed by atoms with van der Waals surface area (Å²) in [6.45, 7) is 2.28. The van der Waals surface area contributed by atoms with Gasteiger partial charge in [0.25, 0.3) is 11.5 Å². The molecule has 1 atom stereocenters. The zero-order valence-corrected chi connectivity index (χ0v) is 18.5. The maximum Gasteiger partial charge on any atom is 0.313 e. The van der Waals surface area contributed by atoms with Crippen molar-refractivity contribution in [1.82, 2.24) is 10.2 Å². The highest BCUT2D eigenvalue weighted by atomic mass is 16.5. The van der Waals surface area contributed by atoms with Crippen LogP contribution in [0.25, 0.3) is 10.8 Å². The molecule has 0 aliphatic carbocycles. The molecule has 8 heteroatoms. The van der Waals surface area contributed by atoms with Crippen LogP contribution in [0.2, 0.25) is 0 Å². The van der Waals surface area contributed by atoms with Gasteiger partial charge in [0.1, 0.15) is 5.75 Å². The molecule has 0 radical (unpaired) electrons. The van der Waals surface area contributed by atoms with E-state index in [0.717, 1.165) is 0 Å². The first-order valence-corrected chi connectivity index (χ1v) is 10.8. The Kier molecular flexibility index (Phi) is 6.98. The summed E-state index contributed by atoms with van der Waals surface area (Å²) in [4.78, 5) is 38.1. The summed E-state index contributed by atoms with van der Waals surface area (Å²) in [6.07, 6.45) is -1.42. The van der Waals surface area contributed by atoms with Crippen molar-refractivity contribution in [3.63, 3.8) is 0 Å². The number of rotatable bonds is 8. The van der Waals surface area contributed by atoms with Crippen LogP contribution in [0.15, 0.2) is 83.7 Å². The molecule has 1 heterocycles. The molecule has 0 fully saturated rings. The number of amides is 1. The highest BCUT2D eigenvalue weighted by Gasteiger charge is 2.26. The van der Waals surface area contributed by atoms with Crippen molar-refractivity contribution in [3.8, 4) is 5.75 Å². The quantitative estimate of drug-likeness (QED) is 0.390. The monoisotopic (exact) mass is 457 g/mol. The van der Waals surface area contributed by atoms with E-state index in [0.29, 0.717) is 40.1 Å². The fourth-order valence-electron chi connectivity index (χ4n) is 3.57. The van der Waals surface area contributed by atoms with Crippen molar-refractivity contribution in [2.24, 2.45) is 0 Å². The molecule has 0 spiro atoms. The highest BCUT2D eigenvalue weighted by Crippen LogP contribution is 2.27. The number of benzene rings is 3. The summed E-state index contributed by atoms with van der Waals surface area (Å²) in [5.41, 5.74) is 0.998. The number of carbonyl (C=O) groups excluding carboxylic acids is 2. The van der Waals surface area contributed by atoms with Crippen LogP contribution in [0, 0.1) is 0 Å².